The number of rotatable bonds is 6. The molecule has 0 aliphatic carbocycles. The zero-order chi connectivity index (χ0) is 17.5. The van der Waals surface area contributed by atoms with E-state index in [1.165, 1.54) is 12.1 Å². The number of phenols is 1. The number of benzene rings is 2. The van der Waals surface area contributed by atoms with E-state index in [9.17, 15) is 14.7 Å². The van der Waals surface area contributed by atoms with E-state index in [4.69, 9.17) is 4.74 Å². The Labute approximate surface area is 141 Å². The number of carbonyl (C=O) groups excluding carboxylic acids is 2. The third-order valence-electron chi connectivity index (χ3n) is 3.55. The van der Waals surface area contributed by atoms with Crippen molar-refractivity contribution in [2.24, 2.45) is 0 Å². The molecule has 2 aromatic rings. The van der Waals surface area contributed by atoms with Gasteiger partial charge in [0.05, 0.1) is 6.42 Å². The van der Waals surface area contributed by atoms with Gasteiger partial charge in [0, 0.05) is 6.54 Å². The van der Waals surface area contributed by atoms with Gasteiger partial charge in [0.1, 0.15) is 5.75 Å². The van der Waals surface area contributed by atoms with Gasteiger partial charge in [-0.05, 0) is 37.1 Å². The lowest BCUT2D eigenvalue weighted by Crippen LogP contribution is -2.35. The monoisotopic (exact) mass is 327 g/mol. The summed E-state index contributed by atoms with van der Waals surface area (Å²) in [7, 11) is 0. The van der Waals surface area contributed by atoms with Crippen LogP contribution in [0.5, 0.6) is 5.75 Å². The van der Waals surface area contributed by atoms with Gasteiger partial charge < -0.3 is 15.2 Å². The summed E-state index contributed by atoms with van der Waals surface area (Å²) in [5.74, 6) is -0.690. The summed E-state index contributed by atoms with van der Waals surface area (Å²) in [6, 6.07) is 14.1. The number of hydrogen-bond acceptors (Lipinski definition) is 4. The number of amides is 1. The van der Waals surface area contributed by atoms with Crippen molar-refractivity contribution in [1.82, 2.24) is 5.32 Å². The summed E-state index contributed by atoms with van der Waals surface area (Å²) in [6.45, 7) is 3.93. The van der Waals surface area contributed by atoms with Crippen LogP contribution in [0.15, 0.2) is 48.5 Å². The normalized spacial score (nSPS) is 11.6. The van der Waals surface area contributed by atoms with Crippen LogP contribution in [-0.4, -0.2) is 23.1 Å². The molecule has 0 heterocycles. The topological polar surface area (TPSA) is 75.6 Å². The molecule has 0 bridgehead atoms. The molecular formula is C19H21NO4. The Hall–Kier alpha value is -2.82. The smallest absolute Gasteiger partial charge is 0.311 e. The maximum Gasteiger partial charge on any atom is 0.311 e. The maximum absolute atomic E-state index is 12.0. The predicted molar refractivity (Wildman–Crippen MR) is 90.4 cm³/mol. The minimum absolute atomic E-state index is 0.0515. The van der Waals surface area contributed by atoms with Crippen LogP contribution in [0.1, 0.15) is 23.6 Å². The molecule has 1 amide bonds. The molecule has 2 aromatic carbocycles. The van der Waals surface area contributed by atoms with Crippen LogP contribution in [0.4, 0.5) is 0 Å². The molecule has 2 N–H and O–H groups in total. The van der Waals surface area contributed by atoms with Gasteiger partial charge >= 0.3 is 5.97 Å². The van der Waals surface area contributed by atoms with Gasteiger partial charge in [0.25, 0.3) is 5.91 Å². The third kappa shape index (κ3) is 5.43. The molecule has 24 heavy (non-hydrogen) atoms. The molecular weight excluding hydrogens is 306 g/mol. The van der Waals surface area contributed by atoms with Gasteiger partial charge in [-0.2, -0.15) is 0 Å². The average molecular weight is 327 g/mol. The molecule has 0 fully saturated rings. The SMILES string of the molecule is Cc1ccc(CNC(=O)[C@H](C)OC(=O)Cc2ccc(O)cc2)cc1. The van der Waals surface area contributed by atoms with Crippen molar-refractivity contribution >= 4 is 11.9 Å². The number of esters is 1. The molecule has 1 atom stereocenters. The zero-order valence-electron chi connectivity index (χ0n) is 13.8. The highest BCUT2D eigenvalue weighted by Crippen LogP contribution is 2.11. The van der Waals surface area contributed by atoms with Crippen LogP contribution in [0, 0.1) is 6.92 Å². The number of nitrogens with one attached hydrogen (secondary N) is 1. The first-order chi connectivity index (χ1) is 11.4. The quantitative estimate of drug-likeness (QED) is 0.799. The second-order valence-electron chi connectivity index (χ2n) is 5.68. The van der Waals surface area contributed by atoms with Crippen molar-refractivity contribution in [2.45, 2.75) is 32.9 Å². The minimum atomic E-state index is -0.861. The number of ether oxygens (including phenoxy) is 1. The molecule has 5 nitrogen and oxygen atoms in total. The van der Waals surface area contributed by atoms with Crippen LogP contribution >= 0.6 is 0 Å². The molecule has 0 aliphatic rings. The van der Waals surface area contributed by atoms with E-state index in [-0.39, 0.29) is 18.1 Å². The van der Waals surface area contributed by atoms with E-state index < -0.39 is 12.1 Å². The molecule has 5 heteroatoms. The number of aromatic hydroxyl groups is 1. The third-order valence-corrected chi connectivity index (χ3v) is 3.55. The van der Waals surface area contributed by atoms with Gasteiger partial charge in [-0.1, -0.05) is 42.0 Å². The Morgan fingerprint density at radius 3 is 2.25 bits per heavy atom. The average Bonchev–Trinajstić information content (AvgIpc) is 2.56. The van der Waals surface area contributed by atoms with Crippen LogP contribution in [0.2, 0.25) is 0 Å². The van der Waals surface area contributed by atoms with Crippen molar-refractivity contribution in [3.05, 3.63) is 65.2 Å². The summed E-state index contributed by atoms with van der Waals surface area (Å²) in [5.41, 5.74) is 2.85. The fourth-order valence-corrected chi connectivity index (χ4v) is 2.11. The van der Waals surface area contributed by atoms with E-state index in [0.29, 0.717) is 12.1 Å². The fourth-order valence-electron chi connectivity index (χ4n) is 2.11. The summed E-state index contributed by atoms with van der Waals surface area (Å²) < 4.78 is 5.14. The lowest BCUT2D eigenvalue weighted by Gasteiger charge is -2.13. The standard InChI is InChI=1S/C19H21NO4/c1-13-3-5-16(6-4-13)12-20-19(23)14(2)24-18(22)11-15-7-9-17(21)10-8-15/h3-10,14,21H,11-12H2,1-2H3,(H,20,23)/t14-/m0/s1. The summed E-state index contributed by atoms with van der Waals surface area (Å²) in [4.78, 5) is 23.9. The van der Waals surface area contributed by atoms with E-state index >= 15 is 0 Å². The molecule has 0 unspecified atom stereocenters. The molecule has 2 rings (SSSR count). The first-order valence-corrected chi connectivity index (χ1v) is 7.74. The first-order valence-electron chi connectivity index (χ1n) is 7.74. The number of hydrogen-bond donors (Lipinski definition) is 2. The van der Waals surface area contributed by atoms with Gasteiger partial charge in [-0.15, -0.1) is 0 Å². The lowest BCUT2D eigenvalue weighted by molar-refractivity contribution is -0.154. The number of aryl methyl sites for hydroxylation is 1. The van der Waals surface area contributed by atoms with Gasteiger partial charge in [0.2, 0.25) is 0 Å². The molecule has 0 saturated carbocycles. The summed E-state index contributed by atoms with van der Waals surface area (Å²) in [6.07, 6.45) is -0.810. The predicted octanol–water partition coefficient (Wildman–Crippen LogP) is 2.49. The Kier molecular flexibility index (Phi) is 5.95. The van der Waals surface area contributed by atoms with Crippen LogP contribution in [0.25, 0.3) is 0 Å². The summed E-state index contributed by atoms with van der Waals surface area (Å²) >= 11 is 0. The van der Waals surface area contributed by atoms with E-state index in [2.05, 4.69) is 5.32 Å². The second kappa shape index (κ2) is 8.15. The van der Waals surface area contributed by atoms with Crippen molar-refractivity contribution in [1.29, 1.82) is 0 Å². The van der Waals surface area contributed by atoms with Crippen LogP contribution < -0.4 is 5.32 Å². The molecule has 0 aromatic heterocycles. The van der Waals surface area contributed by atoms with Crippen LogP contribution in [0.3, 0.4) is 0 Å². The Balaban J connectivity index is 1.78. The lowest BCUT2D eigenvalue weighted by atomic mass is 10.1. The highest BCUT2D eigenvalue weighted by molar-refractivity contribution is 5.83. The number of carbonyl (C=O) groups is 2. The van der Waals surface area contributed by atoms with Gasteiger partial charge in [0.15, 0.2) is 6.10 Å². The van der Waals surface area contributed by atoms with Crippen LogP contribution in [-0.2, 0) is 27.3 Å². The van der Waals surface area contributed by atoms with Gasteiger partial charge in [-0.25, -0.2) is 0 Å². The Bertz CT molecular complexity index is 692. The number of phenolic OH excluding ortho intramolecular Hbond substituents is 1. The molecule has 0 saturated heterocycles. The molecule has 0 spiro atoms. The molecule has 0 aliphatic heterocycles. The van der Waals surface area contributed by atoms with Gasteiger partial charge in [-0.3, -0.25) is 9.59 Å². The largest absolute Gasteiger partial charge is 0.508 e. The Morgan fingerprint density at radius 1 is 1.04 bits per heavy atom. The highest BCUT2D eigenvalue weighted by atomic mass is 16.5. The Morgan fingerprint density at radius 2 is 1.62 bits per heavy atom. The second-order valence-corrected chi connectivity index (χ2v) is 5.68. The van der Waals surface area contributed by atoms with Crippen molar-refractivity contribution < 1.29 is 19.4 Å². The molecule has 126 valence electrons. The van der Waals surface area contributed by atoms with E-state index in [1.54, 1.807) is 19.1 Å². The fraction of sp³-hybridized carbons (Fsp3) is 0.263. The van der Waals surface area contributed by atoms with E-state index in [0.717, 1.165) is 11.1 Å². The van der Waals surface area contributed by atoms with Crippen molar-refractivity contribution in [3.8, 4) is 5.75 Å². The van der Waals surface area contributed by atoms with Crippen molar-refractivity contribution in [2.75, 3.05) is 0 Å². The zero-order valence-corrected chi connectivity index (χ0v) is 13.8. The highest BCUT2D eigenvalue weighted by Gasteiger charge is 2.17. The van der Waals surface area contributed by atoms with E-state index in [1.807, 2.05) is 31.2 Å². The van der Waals surface area contributed by atoms with Crippen molar-refractivity contribution in [3.63, 3.8) is 0 Å². The minimum Gasteiger partial charge on any atom is -0.508 e. The summed E-state index contributed by atoms with van der Waals surface area (Å²) in [5, 5.41) is 12.0. The molecule has 0 radical (unpaired) electrons. The first kappa shape index (κ1) is 17.5. The maximum atomic E-state index is 12.0.